The summed E-state index contributed by atoms with van der Waals surface area (Å²) >= 11 is 0. The number of carbonyl (C=O) groups is 2. The molecule has 1 heterocycles. The maximum atomic E-state index is 12.5. The Labute approximate surface area is 159 Å². The van der Waals surface area contributed by atoms with Crippen molar-refractivity contribution in [2.24, 2.45) is 0 Å². The van der Waals surface area contributed by atoms with E-state index >= 15 is 0 Å². The van der Waals surface area contributed by atoms with Gasteiger partial charge in [0.2, 0.25) is 0 Å². The van der Waals surface area contributed by atoms with E-state index in [1.807, 2.05) is 0 Å². The molecular weight excluding hydrogens is 362 g/mol. The zero-order valence-electron chi connectivity index (χ0n) is 14.7. The molecular formula is C21H13NO6. The molecule has 138 valence electrons. The number of rotatable bonds is 4. The standard InChI is InChI=1S/C21H13NO6/c1-27-12-6-8-16(18(11-12)22(25)26)19-9-7-13(28-19)10-17-20(23)14-4-2-3-5-15(14)21(17)24/h2-11H,1H3. The molecule has 0 fully saturated rings. The monoisotopic (exact) mass is 375 g/mol. The van der Waals surface area contributed by atoms with Crippen LogP contribution in [0.4, 0.5) is 5.69 Å². The number of methoxy groups -OCH3 is 1. The first-order valence-electron chi connectivity index (χ1n) is 8.32. The molecule has 0 N–H and O–H groups in total. The number of Topliss-reactive ketones (excluding diaryl/α,β-unsaturated/α-hetero) is 2. The van der Waals surface area contributed by atoms with Gasteiger partial charge in [0, 0.05) is 11.1 Å². The van der Waals surface area contributed by atoms with Crippen molar-refractivity contribution in [2.45, 2.75) is 0 Å². The Hall–Kier alpha value is -4.00. The van der Waals surface area contributed by atoms with Gasteiger partial charge in [-0.05, 0) is 30.3 Å². The van der Waals surface area contributed by atoms with Gasteiger partial charge >= 0.3 is 0 Å². The van der Waals surface area contributed by atoms with Gasteiger partial charge in [-0.15, -0.1) is 0 Å². The molecule has 7 nitrogen and oxygen atoms in total. The molecule has 0 unspecified atom stereocenters. The van der Waals surface area contributed by atoms with Gasteiger partial charge in [-0.3, -0.25) is 19.7 Å². The molecule has 1 aromatic heterocycles. The average molecular weight is 375 g/mol. The van der Waals surface area contributed by atoms with Gasteiger partial charge in [-0.2, -0.15) is 0 Å². The van der Waals surface area contributed by atoms with Crippen LogP contribution in [-0.2, 0) is 0 Å². The second-order valence-corrected chi connectivity index (χ2v) is 6.10. The van der Waals surface area contributed by atoms with Crippen molar-refractivity contribution in [2.75, 3.05) is 7.11 Å². The Morgan fingerprint density at radius 2 is 1.64 bits per heavy atom. The molecule has 4 rings (SSSR count). The smallest absolute Gasteiger partial charge is 0.284 e. The van der Waals surface area contributed by atoms with Gasteiger partial charge in [-0.25, -0.2) is 0 Å². The largest absolute Gasteiger partial charge is 0.497 e. The molecule has 0 atom stereocenters. The van der Waals surface area contributed by atoms with Crippen LogP contribution >= 0.6 is 0 Å². The van der Waals surface area contributed by atoms with Gasteiger partial charge in [-0.1, -0.05) is 24.3 Å². The third-order valence-electron chi connectivity index (χ3n) is 4.49. The summed E-state index contributed by atoms with van der Waals surface area (Å²) in [5.74, 6) is 0.119. The first-order valence-corrected chi connectivity index (χ1v) is 8.32. The van der Waals surface area contributed by atoms with Crippen molar-refractivity contribution in [3.8, 4) is 17.1 Å². The van der Waals surface area contributed by atoms with Crippen LogP contribution in [0.1, 0.15) is 26.5 Å². The number of ether oxygens (including phenoxy) is 1. The van der Waals surface area contributed by atoms with Crippen LogP contribution in [0.25, 0.3) is 17.4 Å². The predicted molar refractivity (Wildman–Crippen MR) is 100 cm³/mol. The number of ketones is 2. The van der Waals surface area contributed by atoms with Crippen LogP contribution in [-0.4, -0.2) is 23.6 Å². The zero-order chi connectivity index (χ0) is 19.8. The number of nitrogens with zero attached hydrogens (tertiary/aromatic N) is 1. The molecule has 1 aliphatic rings. The minimum atomic E-state index is -0.529. The summed E-state index contributed by atoms with van der Waals surface area (Å²) in [6, 6.07) is 14.1. The molecule has 0 bridgehead atoms. The molecule has 0 radical (unpaired) electrons. The van der Waals surface area contributed by atoms with Crippen molar-refractivity contribution in [1.29, 1.82) is 0 Å². The lowest BCUT2D eigenvalue weighted by Crippen LogP contribution is -1.99. The first kappa shape index (κ1) is 17.4. The maximum Gasteiger partial charge on any atom is 0.284 e. The maximum absolute atomic E-state index is 12.5. The highest BCUT2D eigenvalue weighted by Crippen LogP contribution is 2.35. The summed E-state index contributed by atoms with van der Waals surface area (Å²) < 4.78 is 10.7. The van der Waals surface area contributed by atoms with E-state index in [0.717, 1.165) is 0 Å². The molecule has 7 heteroatoms. The molecule has 0 saturated carbocycles. The number of carbonyl (C=O) groups excluding carboxylic acids is 2. The lowest BCUT2D eigenvalue weighted by Gasteiger charge is -2.03. The topological polar surface area (TPSA) is 99.7 Å². The molecule has 0 amide bonds. The Bertz CT molecular complexity index is 1130. The summed E-state index contributed by atoms with van der Waals surface area (Å²) in [6.45, 7) is 0. The van der Waals surface area contributed by atoms with Gasteiger partial charge in [0.15, 0.2) is 11.6 Å². The number of allylic oxidation sites excluding steroid dienone is 1. The van der Waals surface area contributed by atoms with Crippen molar-refractivity contribution in [1.82, 2.24) is 0 Å². The van der Waals surface area contributed by atoms with Crippen molar-refractivity contribution in [3.05, 3.63) is 87.2 Å². The van der Waals surface area contributed by atoms with E-state index in [-0.39, 0.29) is 39.9 Å². The third-order valence-corrected chi connectivity index (χ3v) is 4.49. The fraction of sp³-hybridized carbons (Fsp3) is 0.0476. The Kier molecular flexibility index (Phi) is 4.12. The summed E-state index contributed by atoms with van der Waals surface area (Å²) in [6.07, 6.45) is 1.36. The number of hydrogen-bond acceptors (Lipinski definition) is 6. The number of hydrogen-bond donors (Lipinski definition) is 0. The van der Waals surface area contributed by atoms with Crippen LogP contribution in [0.5, 0.6) is 5.75 Å². The zero-order valence-corrected chi connectivity index (χ0v) is 14.7. The second-order valence-electron chi connectivity index (χ2n) is 6.10. The molecule has 0 saturated heterocycles. The third kappa shape index (κ3) is 2.79. The van der Waals surface area contributed by atoms with Crippen LogP contribution in [0.15, 0.2) is 64.6 Å². The highest BCUT2D eigenvalue weighted by molar-refractivity contribution is 6.41. The van der Waals surface area contributed by atoms with Gasteiger partial charge in [0.05, 0.1) is 29.2 Å². The van der Waals surface area contributed by atoms with E-state index in [9.17, 15) is 19.7 Å². The summed E-state index contributed by atoms with van der Waals surface area (Å²) in [5.41, 5.74) is 0.815. The lowest BCUT2D eigenvalue weighted by atomic mass is 10.1. The average Bonchev–Trinajstić information content (AvgIpc) is 3.27. The van der Waals surface area contributed by atoms with Crippen LogP contribution in [0.3, 0.4) is 0 Å². The Balaban J connectivity index is 1.72. The highest BCUT2D eigenvalue weighted by Gasteiger charge is 2.32. The quantitative estimate of drug-likeness (QED) is 0.291. The number of fused-ring (bicyclic) bond motifs is 1. The van der Waals surface area contributed by atoms with Gasteiger partial charge in [0.1, 0.15) is 17.3 Å². The summed E-state index contributed by atoms with van der Waals surface area (Å²) in [7, 11) is 1.42. The second kappa shape index (κ2) is 6.62. The fourth-order valence-corrected chi connectivity index (χ4v) is 3.12. The van der Waals surface area contributed by atoms with E-state index in [1.165, 1.54) is 25.3 Å². The van der Waals surface area contributed by atoms with Crippen LogP contribution in [0, 0.1) is 10.1 Å². The minimum Gasteiger partial charge on any atom is -0.497 e. The minimum absolute atomic E-state index is 0.00586. The lowest BCUT2D eigenvalue weighted by molar-refractivity contribution is -0.384. The summed E-state index contributed by atoms with van der Waals surface area (Å²) in [4.78, 5) is 35.8. The van der Waals surface area contributed by atoms with Gasteiger partial charge in [0.25, 0.3) is 5.69 Å². The normalized spacial score (nSPS) is 12.8. The van der Waals surface area contributed by atoms with Crippen molar-refractivity contribution >= 4 is 23.3 Å². The van der Waals surface area contributed by atoms with Crippen LogP contribution in [0.2, 0.25) is 0 Å². The van der Waals surface area contributed by atoms with E-state index < -0.39 is 4.92 Å². The SMILES string of the molecule is COc1ccc(-c2ccc(C=C3C(=O)c4ccccc4C3=O)o2)c([N+](=O)[O-])c1. The predicted octanol–water partition coefficient (Wildman–Crippen LogP) is 4.33. The van der Waals surface area contributed by atoms with Crippen LogP contribution < -0.4 is 4.74 Å². The van der Waals surface area contributed by atoms with E-state index in [4.69, 9.17) is 9.15 Å². The Morgan fingerprint density at radius 1 is 0.964 bits per heavy atom. The molecule has 1 aliphatic carbocycles. The summed E-state index contributed by atoms with van der Waals surface area (Å²) in [5, 5.41) is 11.4. The van der Waals surface area contributed by atoms with E-state index in [1.54, 1.807) is 42.5 Å². The van der Waals surface area contributed by atoms with Crippen molar-refractivity contribution < 1.29 is 23.7 Å². The molecule has 0 aliphatic heterocycles. The molecule has 2 aromatic carbocycles. The fourth-order valence-electron chi connectivity index (χ4n) is 3.12. The first-order chi connectivity index (χ1) is 13.5. The Morgan fingerprint density at radius 3 is 2.25 bits per heavy atom. The highest BCUT2D eigenvalue weighted by atomic mass is 16.6. The van der Waals surface area contributed by atoms with E-state index in [2.05, 4.69) is 0 Å². The van der Waals surface area contributed by atoms with E-state index in [0.29, 0.717) is 16.9 Å². The van der Waals surface area contributed by atoms with Crippen molar-refractivity contribution in [3.63, 3.8) is 0 Å². The molecule has 3 aromatic rings. The molecule has 28 heavy (non-hydrogen) atoms. The van der Waals surface area contributed by atoms with Gasteiger partial charge < -0.3 is 9.15 Å². The molecule has 0 spiro atoms. The number of furan rings is 1. The number of benzene rings is 2. The number of nitro benzene ring substituents is 1. The number of nitro groups is 1.